The number of carbonyl (C=O) groups is 1. The van der Waals surface area contributed by atoms with Crippen molar-refractivity contribution >= 4 is 27.5 Å². The molecule has 0 aromatic carbocycles. The molecule has 1 fully saturated rings. The van der Waals surface area contributed by atoms with Gasteiger partial charge in [0.2, 0.25) is 5.91 Å². The van der Waals surface area contributed by atoms with Crippen molar-refractivity contribution in [1.82, 2.24) is 9.47 Å². The van der Waals surface area contributed by atoms with Crippen molar-refractivity contribution in [3.05, 3.63) is 27.1 Å². The first-order valence-electron chi connectivity index (χ1n) is 6.94. The number of halogens is 1. The van der Waals surface area contributed by atoms with Gasteiger partial charge in [0.1, 0.15) is 0 Å². The van der Waals surface area contributed by atoms with Crippen LogP contribution in [0.2, 0.25) is 0 Å². The van der Waals surface area contributed by atoms with Gasteiger partial charge in [0, 0.05) is 13.2 Å². The van der Waals surface area contributed by atoms with E-state index in [9.17, 15) is 9.59 Å². The number of carbonyl (C=O) groups excluding carboxylic acids is 1. The summed E-state index contributed by atoms with van der Waals surface area (Å²) in [6.45, 7) is 3.94. The lowest BCUT2D eigenvalue weighted by Gasteiger charge is -2.33. The molecule has 2 heterocycles. The van der Waals surface area contributed by atoms with Crippen LogP contribution >= 0.6 is 15.9 Å². The number of nitrogens with one attached hydrogen (secondary N) is 1. The molecule has 1 atom stereocenters. The third kappa shape index (κ3) is 3.30. The molecule has 1 amide bonds. The van der Waals surface area contributed by atoms with Crippen LogP contribution in [0.5, 0.6) is 0 Å². The number of aryl methyl sites for hydroxylation is 1. The zero-order valence-electron chi connectivity index (χ0n) is 11.9. The smallest absolute Gasteiger partial charge is 0.264 e. The quantitative estimate of drug-likeness (QED) is 0.914. The summed E-state index contributed by atoms with van der Waals surface area (Å²) >= 11 is 3.21. The van der Waals surface area contributed by atoms with E-state index in [-0.39, 0.29) is 17.5 Å². The van der Waals surface area contributed by atoms with Crippen molar-refractivity contribution in [2.45, 2.75) is 32.2 Å². The van der Waals surface area contributed by atoms with Gasteiger partial charge < -0.3 is 9.88 Å². The van der Waals surface area contributed by atoms with E-state index in [4.69, 9.17) is 0 Å². The maximum atomic E-state index is 12.4. The van der Waals surface area contributed by atoms with Gasteiger partial charge in [-0.05, 0) is 47.9 Å². The van der Waals surface area contributed by atoms with Gasteiger partial charge in [0.15, 0.2) is 0 Å². The van der Waals surface area contributed by atoms with E-state index >= 15 is 0 Å². The Morgan fingerprint density at radius 3 is 2.90 bits per heavy atom. The van der Waals surface area contributed by atoms with Crippen molar-refractivity contribution in [2.24, 2.45) is 7.05 Å². The van der Waals surface area contributed by atoms with Gasteiger partial charge >= 0.3 is 0 Å². The van der Waals surface area contributed by atoms with Gasteiger partial charge in [-0.2, -0.15) is 0 Å². The monoisotopic (exact) mass is 341 g/mol. The number of rotatable bonds is 3. The van der Waals surface area contributed by atoms with Crippen molar-refractivity contribution in [1.29, 1.82) is 0 Å². The molecule has 0 unspecified atom stereocenters. The Morgan fingerprint density at radius 1 is 1.50 bits per heavy atom. The van der Waals surface area contributed by atoms with E-state index in [2.05, 4.69) is 33.1 Å². The first-order valence-corrected chi connectivity index (χ1v) is 7.73. The van der Waals surface area contributed by atoms with E-state index in [1.165, 1.54) is 4.57 Å². The zero-order valence-corrected chi connectivity index (χ0v) is 13.4. The highest BCUT2D eigenvalue weighted by atomic mass is 79.9. The minimum absolute atomic E-state index is 0.0112. The molecule has 0 aliphatic carbocycles. The molecular formula is C14H20BrN3O2. The summed E-state index contributed by atoms with van der Waals surface area (Å²) < 4.78 is 1.91. The molecule has 110 valence electrons. The average Bonchev–Trinajstić information content (AvgIpc) is 2.44. The number of hydrogen-bond donors (Lipinski definition) is 1. The molecule has 1 aliphatic heterocycles. The van der Waals surface area contributed by atoms with Gasteiger partial charge in [-0.3, -0.25) is 14.5 Å². The second-order valence-corrected chi connectivity index (χ2v) is 5.98. The number of nitrogens with zero attached hydrogens (tertiary/aromatic N) is 2. The summed E-state index contributed by atoms with van der Waals surface area (Å²) in [6.07, 6.45) is 4.78. The third-order valence-electron chi connectivity index (χ3n) is 3.73. The Kier molecular flexibility index (Phi) is 4.99. The minimum atomic E-state index is -0.115. The van der Waals surface area contributed by atoms with Gasteiger partial charge in [-0.15, -0.1) is 0 Å². The highest BCUT2D eigenvalue weighted by Crippen LogP contribution is 2.19. The maximum absolute atomic E-state index is 12.4. The number of likely N-dealkylation sites (tertiary alicyclic amines) is 1. The lowest BCUT2D eigenvalue weighted by atomic mass is 10.0. The van der Waals surface area contributed by atoms with Crippen molar-refractivity contribution in [3.63, 3.8) is 0 Å². The summed E-state index contributed by atoms with van der Waals surface area (Å²) in [5.41, 5.74) is 0.529. The minimum Gasteiger partial charge on any atom is -0.323 e. The SMILES string of the molecule is CCN1CCCC[C@@H]1C(=O)Nc1cc(Br)c(=O)n(C)c1. The Bertz CT molecular complexity index is 530. The van der Waals surface area contributed by atoms with E-state index in [1.807, 2.05) is 0 Å². The molecular weight excluding hydrogens is 322 g/mol. The van der Waals surface area contributed by atoms with Crippen molar-refractivity contribution in [3.8, 4) is 0 Å². The van der Waals surface area contributed by atoms with Crippen molar-refractivity contribution < 1.29 is 4.79 Å². The van der Waals surface area contributed by atoms with E-state index < -0.39 is 0 Å². The largest absolute Gasteiger partial charge is 0.323 e. The zero-order chi connectivity index (χ0) is 14.7. The molecule has 1 saturated heterocycles. The molecule has 1 aromatic heterocycles. The highest BCUT2D eigenvalue weighted by molar-refractivity contribution is 9.10. The molecule has 0 spiro atoms. The van der Waals surface area contributed by atoms with Crippen LogP contribution in [0.3, 0.4) is 0 Å². The van der Waals surface area contributed by atoms with Crippen LogP contribution in [-0.2, 0) is 11.8 Å². The van der Waals surface area contributed by atoms with Gasteiger partial charge in [0.25, 0.3) is 5.56 Å². The number of hydrogen-bond acceptors (Lipinski definition) is 3. The lowest BCUT2D eigenvalue weighted by Crippen LogP contribution is -2.46. The van der Waals surface area contributed by atoms with Crippen LogP contribution in [0.1, 0.15) is 26.2 Å². The van der Waals surface area contributed by atoms with Gasteiger partial charge in [0.05, 0.1) is 16.2 Å². The third-order valence-corrected chi connectivity index (χ3v) is 4.30. The Hall–Kier alpha value is -1.14. The summed E-state index contributed by atoms with van der Waals surface area (Å²) in [6, 6.07) is 1.59. The standard InChI is InChI=1S/C14H20BrN3O2/c1-3-18-7-5-4-6-12(18)13(19)16-10-8-11(15)14(20)17(2)9-10/h8-9,12H,3-7H2,1-2H3,(H,16,19)/t12-/m1/s1. The Labute approximate surface area is 127 Å². The molecule has 1 aromatic rings. The second-order valence-electron chi connectivity index (χ2n) is 5.12. The first kappa shape index (κ1) is 15.3. The van der Waals surface area contributed by atoms with Crippen LogP contribution in [0, 0.1) is 0 Å². The van der Waals surface area contributed by atoms with Crippen LogP contribution < -0.4 is 10.9 Å². The number of pyridine rings is 1. The van der Waals surface area contributed by atoms with Gasteiger partial charge in [-0.25, -0.2) is 0 Å². The normalized spacial score (nSPS) is 19.9. The molecule has 20 heavy (non-hydrogen) atoms. The fraction of sp³-hybridized carbons (Fsp3) is 0.571. The number of aromatic nitrogens is 1. The van der Waals surface area contributed by atoms with Crippen LogP contribution in [0.25, 0.3) is 0 Å². The fourth-order valence-corrected chi connectivity index (χ4v) is 3.16. The van der Waals surface area contributed by atoms with Crippen LogP contribution in [0.4, 0.5) is 5.69 Å². The summed E-state index contributed by atoms with van der Waals surface area (Å²) in [7, 11) is 1.67. The molecule has 1 aliphatic rings. The van der Waals surface area contributed by atoms with E-state index in [0.717, 1.165) is 32.4 Å². The van der Waals surface area contributed by atoms with E-state index in [1.54, 1.807) is 19.3 Å². The molecule has 0 saturated carbocycles. The topological polar surface area (TPSA) is 54.3 Å². The number of likely N-dealkylation sites (N-methyl/N-ethyl adjacent to an activating group) is 1. The lowest BCUT2D eigenvalue weighted by molar-refractivity contribution is -0.122. The Balaban J connectivity index is 2.13. The van der Waals surface area contributed by atoms with Crippen molar-refractivity contribution in [2.75, 3.05) is 18.4 Å². The van der Waals surface area contributed by atoms with E-state index in [0.29, 0.717) is 10.2 Å². The maximum Gasteiger partial charge on any atom is 0.264 e. The summed E-state index contributed by atoms with van der Waals surface area (Å²) in [5, 5.41) is 2.91. The fourth-order valence-electron chi connectivity index (χ4n) is 2.63. The number of piperidine rings is 1. The molecule has 5 nitrogen and oxygen atoms in total. The predicted molar refractivity (Wildman–Crippen MR) is 82.9 cm³/mol. The molecule has 0 radical (unpaired) electrons. The highest BCUT2D eigenvalue weighted by Gasteiger charge is 2.27. The molecule has 2 rings (SSSR count). The molecule has 6 heteroatoms. The summed E-state index contributed by atoms with van der Waals surface area (Å²) in [5.74, 6) is 0.0112. The Morgan fingerprint density at radius 2 is 2.25 bits per heavy atom. The predicted octanol–water partition coefficient (Wildman–Crippen LogP) is 1.96. The molecule has 1 N–H and O–H groups in total. The second kappa shape index (κ2) is 6.54. The molecule has 0 bridgehead atoms. The summed E-state index contributed by atoms with van der Waals surface area (Å²) in [4.78, 5) is 26.2. The van der Waals surface area contributed by atoms with Crippen LogP contribution in [0.15, 0.2) is 21.5 Å². The number of anilines is 1. The van der Waals surface area contributed by atoms with Crippen LogP contribution in [-0.4, -0.2) is 34.5 Å². The number of amides is 1. The first-order chi connectivity index (χ1) is 9.52. The average molecular weight is 342 g/mol. The van der Waals surface area contributed by atoms with Gasteiger partial charge in [-0.1, -0.05) is 13.3 Å².